The summed E-state index contributed by atoms with van der Waals surface area (Å²) in [6, 6.07) is 13.6. The number of fused-ring (bicyclic) bond motifs is 1. The van der Waals surface area contributed by atoms with Crippen molar-refractivity contribution < 1.29 is 4.79 Å². The lowest BCUT2D eigenvalue weighted by molar-refractivity contribution is 0.103. The highest BCUT2D eigenvalue weighted by atomic mass is 16.1. The van der Waals surface area contributed by atoms with E-state index in [0.29, 0.717) is 11.1 Å². The zero-order valence-corrected chi connectivity index (χ0v) is 9.58. The highest BCUT2D eigenvalue weighted by Gasteiger charge is 2.09. The van der Waals surface area contributed by atoms with Crippen LogP contribution in [-0.2, 0) is 0 Å². The number of hydrogen-bond acceptors (Lipinski definition) is 3. The Morgan fingerprint density at radius 1 is 0.833 bits per heavy atom. The van der Waals surface area contributed by atoms with Gasteiger partial charge in [-0.05, 0) is 16.8 Å². The van der Waals surface area contributed by atoms with Gasteiger partial charge in [0.25, 0.3) is 0 Å². The Morgan fingerprint density at radius 2 is 1.56 bits per heavy atom. The normalized spacial score (nSPS) is 10.4. The Balaban J connectivity index is 2.07. The maximum absolute atomic E-state index is 12.2. The Labute approximate surface area is 104 Å². The molecule has 86 valence electrons. The molecule has 0 saturated carbocycles. The van der Waals surface area contributed by atoms with Gasteiger partial charge in [0.15, 0.2) is 5.78 Å². The molecule has 0 aliphatic rings. The van der Waals surface area contributed by atoms with Crippen molar-refractivity contribution in [2.45, 2.75) is 0 Å². The zero-order chi connectivity index (χ0) is 12.4. The first-order valence-electron chi connectivity index (χ1n) is 5.63. The number of aromatic nitrogens is 2. The van der Waals surface area contributed by atoms with E-state index in [4.69, 9.17) is 0 Å². The monoisotopic (exact) mass is 234 g/mol. The fraction of sp³-hybridized carbons (Fsp3) is 0. The fourth-order valence-electron chi connectivity index (χ4n) is 1.91. The Kier molecular flexibility index (Phi) is 2.57. The second kappa shape index (κ2) is 4.37. The summed E-state index contributed by atoms with van der Waals surface area (Å²) in [4.78, 5) is 19.9. The average Bonchev–Trinajstić information content (AvgIpc) is 2.47. The van der Waals surface area contributed by atoms with Crippen molar-refractivity contribution in [3.8, 4) is 0 Å². The van der Waals surface area contributed by atoms with Crippen LogP contribution in [0.5, 0.6) is 0 Å². The smallest absolute Gasteiger partial charge is 0.196 e. The van der Waals surface area contributed by atoms with Crippen LogP contribution in [0.15, 0.2) is 61.2 Å². The number of rotatable bonds is 2. The molecule has 3 nitrogen and oxygen atoms in total. The van der Waals surface area contributed by atoms with Crippen LogP contribution in [0, 0.1) is 0 Å². The summed E-state index contributed by atoms with van der Waals surface area (Å²) in [6.45, 7) is 0. The molecule has 1 aromatic heterocycles. The molecule has 0 radical (unpaired) electrons. The molecular weight excluding hydrogens is 224 g/mol. The molecule has 3 aromatic rings. The van der Waals surface area contributed by atoms with E-state index < -0.39 is 0 Å². The largest absolute Gasteiger partial charge is 0.288 e. The predicted octanol–water partition coefficient (Wildman–Crippen LogP) is 2.86. The molecule has 0 saturated heterocycles. The molecular formula is C15H10N2O. The first-order valence-corrected chi connectivity index (χ1v) is 5.63. The van der Waals surface area contributed by atoms with E-state index in [1.807, 2.05) is 42.5 Å². The number of nitrogens with zero attached hydrogens (tertiary/aromatic N) is 2. The van der Waals surface area contributed by atoms with Gasteiger partial charge in [0.2, 0.25) is 0 Å². The third-order valence-corrected chi connectivity index (χ3v) is 2.83. The summed E-state index contributed by atoms with van der Waals surface area (Å²) in [5, 5.41) is 2.18. The molecule has 1 heterocycles. The maximum Gasteiger partial charge on any atom is 0.196 e. The molecule has 3 heteroatoms. The number of carbonyl (C=O) groups excluding carboxylic acids is 1. The Morgan fingerprint density at radius 3 is 2.33 bits per heavy atom. The van der Waals surface area contributed by atoms with Crippen LogP contribution in [0.4, 0.5) is 0 Å². The minimum Gasteiger partial charge on any atom is -0.288 e. The van der Waals surface area contributed by atoms with Gasteiger partial charge in [0.1, 0.15) is 6.33 Å². The quantitative estimate of drug-likeness (QED) is 0.640. The second-order valence-electron chi connectivity index (χ2n) is 4.02. The van der Waals surface area contributed by atoms with Crippen LogP contribution >= 0.6 is 0 Å². The van der Waals surface area contributed by atoms with Crippen LogP contribution in [0.1, 0.15) is 15.9 Å². The molecule has 0 spiro atoms. The van der Waals surface area contributed by atoms with Crippen LogP contribution in [0.3, 0.4) is 0 Å². The van der Waals surface area contributed by atoms with Gasteiger partial charge in [0.05, 0.1) is 5.56 Å². The molecule has 0 bridgehead atoms. The lowest BCUT2D eigenvalue weighted by atomic mass is 10.0. The number of benzene rings is 2. The minimum absolute atomic E-state index is 0.0543. The van der Waals surface area contributed by atoms with E-state index in [1.54, 1.807) is 0 Å². The summed E-state index contributed by atoms with van der Waals surface area (Å²) in [5.74, 6) is -0.0543. The van der Waals surface area contributed by atoms with Crippen molar-refractivity contribution in [2.24, 2.45) is 0 Å². The van der Waals surface area contributed by atoms with Crippen molar-refractivity contribution in [1.82, 2.24) is 9.97 Å². The van der Waals surface area contributed by atoms with Gasteiger partial charge in [-0.25, -0.2) is 9.97 Å². The van der Waals surface area contributed by atoms with Crippen molar-refractivity contribution in [3.63, 3.8) is 0 Å². The van der Waals surface area contributed by atoms with E-state index in [1.165, 1.54) is 18.7 Å². The molecule has 0 aliphatic heterocycles. The van der Waals surface area contributed by atoms with Crippen molar-refractivity contribution in [1.29, 1.82) is 0 Å². The maximum atomic E-state index is 12.2. The molecule has 3 rings (SSSR count). The molecule has 0 atom stereocenters. The highest BCUT2D eigenvalue weighted by molar-refractivity contribution is 6.10. The first kappa shape index (κ1) is 10.6. The molecule has 0 N–H and O–H groups in total. The van der Waals surface area contributed by atoms with Crippen LogP contribution < -0.4 is 0 Å². The van der Waals surface area contributed by atoms with Gasteiger partial charge < -0.3 is 0 Å². The Hall–Kier alpha value is -2.55. The third kappa shape index (κ3) is 1.86. The van der Waals surface area contributed by atoms with Crippen LogP contribution in [0.2, 0.25) is 0 Å². The van der Waals surface area contributed by atoms with Crippen molar-refractivity contribution in [2.75, 3.05) is 0 Å². The van der Waals surface area contributed by atoms with E-state index in [0.717, 1.165) is 10.8 Å². The number of hydrogen-bond donors (Lipinski definition) is 0. The van der Waals surface area contributed by atoms with E-state index >= 15 is 0 Å². The molecule has 0 fully saturated rings. The SMILES string of the molecule is O=C(c1cncnc1)c1ccc2ccccc2c1. The minimum atomic E-state index is -0.0543. The van der Waals surface area contributed by atoms with Gasteiger partial charge in [-0.2, -0.15) is 0 Å². The predicted molar refractivity (Wildman–Crippen MR) is 69.4 cm³/mol. The molecule has 2 aromatic carbocycles. The number of carbonyl (C=O) groups is 1. The molecule has 0 aliphatic carbocycles. The lowest BCUT2D eigenvalue weighted by Crippen LogP contribution is -2.02. The highest BCUT2D eigenvalue weighted by Crippen LogP contribution is 2.17. The van der Waals surface area contributed by atoms with E-state index in [-0.39, 0.29) is 5.78 Å². The first-order chi connectivity index (χ1) is 8.84. The van der Waals surface area contributed by atoms with Gasteiger partial charge in [-0.15, -0.1) is 0 Å². The van der Waals surface area contributed by atoms with Gasteiger partial charge in [-0.3, -0.25) is 4.79 Å². The van der Waals surface area contributed by atoms with Crippen LogP contribution in [-0.4, -0.2) is 15.8 Å². The lowest BCUT2D eigenvalue weighted by Gasteiger charge is -2.02. The summed E-state index contributed by atoms with van der Waals surface area (Å²) < 4.78 is 0. The molecule has 18 heavy (non-hydrogen) atoms. The second-order valence-corrected chi connectivity index (χ2v) is 4.02. The van der Waals surface area contributed by atoms with Gasteiger partial charge >= 0.3 is 0 Å². The summed E-state index contributed by atoms with van der Waals surface area (Å²) in [7, 11) is 0. The summed E-state index contributed by atoms with van der Waals surface area (Å²) in [6.07, 6.45) is 4.48. The fourth-order valence-corrected chi connectivity index (χ4v) is 1.91. The molecule has 0 unspecified atom stereocenters. The topological polar surface area (TPSA) is 42.9 Å². The van der Waals surface area contributed by atoms with Crippen molar-refractivity contribution >= 4 is 16.6 Å². The number of ketones is 1. The van der Waals surface area contributed by atoms with Gasteiger partial charge in [-0.1, -0.05) is 36.4 Å². The molecule has 0 amide bonds. The summed E-state index contributed by atoms with van der Waals surface area (Å²) >= 11 is 0. The van der Waals surface area contributed by atoms with Crippen molar-refractivity contribution in [3.05, 3.63) is 72.3 Å². The summed E-state index contributed by atoms with van der Waals surface area (Å²) in [5.41, 5.74) is 1.16. The standard InChI is InChI=1S/C15H10N2O/c18-15(14-8-16-10-17-9-14)13-6-5-11-3-1-2-4-12(11)7-13/h1-10H. The zero-order valence-electron chi connectivity index (χ0n) is 9.58. The average molecular weight is 234 g/mol. The van der Waals surface area contributed by atoms with E-state index in [2.05, 4.69) is 9.97 Å². The van der Waals surface area contributed by atoms with Gasteiger partial charge in [0, 0.05) is 18.0 Å². The van der Waals surface area contributed by atoms with E-state index in [9.17, 15) is 4.79 Å². The van der Waals surface area contributed by atoms with Crippen LogP contribution in [0.25, 0.3) is 10.8 Å². The third-order valence-electron chi connectivity index (χ3n) is 2.83. The Bertz CT molecular complexity index is 708.